The number of hydrogen-bond donors (Lipinski definition) is 0. The third kappa shape index (κ3) is 3.90. The van der Waals surface area contributed by atoms with Crippen LogP contribution in [-0.2, 0) is 11.3 Å². The van der Waals surface area contributed by atoms with Crippen LogP contribution in [0, 0.1) is 11.3 Å². The van der Waals surface area contributed by atoms with Gasteiger partial charge >= 0.3 is 5.97 Å². The number of carbonyl (C=O) groups excluding carboxylic acids is 2. The van der Waals surface area contributed by atoms with E-state index in [1.807, 2.05) is 28.8 Å². The van der Waals surface area contributed by atoms with Crippen LogP contribution in [0.3, 0.4) is 0 Å². The predicted molar refractivity (Wildman–Crippen MR) is 112 cm³/mol. The Balaban J connectivity index is 1.51. The second-order valence-corrected chi connectivity index (χ2v) is 7.23. The van der Waals surface area contributed by atoms with Gasteiger partial charge in [0, 0.05) is 48.5 Å². The van der Waals surface area contributed by atoms with Crippen molar-refractivity contribution in [3.05, 3.63) is 59.9 Å². The molecule has 4 rings (SSSR count). The summed E-state index contributed by atoms with van der Waals surface area (Å²) < 4.78 is 7.26. The van der Waals surface area contributed by atoms with E-state index < -0.39 is 5.97 Å². The summed E-state index contributed by atoms with van der Waals surface area (Å²) in [5.74, 6) is -0.214. The monoisotopic (exact) mass is 402 g/mol. The standard InChI is InChI=1S/C23H22N4O3/c24-10-6-14-27-15-19(17-7-1-2-9-20(17)27)21(28)16-30-23(29)18-8-5-11-25-22(18)26-12-3-4-13-26/h1-2,5,7-9,11,15H,3-4,6,12-14,16H2. The van der Waals surface area contributed by atoms with Gasteiger partial charge in [-0.3, -0.25) is 4.79 Å². The molecule has 0 unspecified atom stereocenters. The zero-order valence-corrected chi connectivity index (χ0v) is 16.6. The van der Waals surface area contributed by atoms with Crippen LogP contribution in [0.15, 0.2) is 48.8 Å². The van der Waals surface area contributed by atoms with E-state index in [0.717, 1.165) is 36.8 Å². The molecular formula is C23H22N4O3. The lowest BCUT2D eigenvalue weighted by Crippen LogP contribution is -2.23. The van der Waals surface area contributed by atoms with Gasteiger partial charge in [-0.25, -0.2) is 9.78 Å². The third-order valence-corrected chi connectivity index (χ3v) is 5.30. The largest absolute Gasteiger partial charge is 0.454 e. The summed E-state index contributed by atoms with van der Waals surface area (Å²) in [6.45, 7) is 1.87. The van der Waals surface area contributed by atoms with Crippen molar-refractivity contribution in [3.8, 4) is 6.07 Å². The van der Waals surface area contributed by atoms with E-state index in [1.54, 1.807) is 24.5 Å². The Morgan fingerprint density at radius 3 is 2.70 bits per heavy atom. The second kappa shape index (κ2) is 8.78. The Kier molecular flexibility index (Phi) is 5.75. The molecule has 1 fully saturated rings. The second-order valence-electron chi connectivity index (χ2n) is 7.23. The number of aromatic nitrogens is 2. The van der Waals surface area contributed by atoms with E-state index in [2.05, 4.69) is 16.0 Å². The number of esters is 1. The molecule has 0 aliphatic carbocycles. The van der Waals surface area contributed by atoms with Crippen LogP contribution in [0.1, 0.15) is 40.0 Å². The summed E-state index contributed by atoms with van der Waals surface area (Å²) in [5.41, 5.74) is 1.75. The molecule has 1 aromatic carbocycles. The minimum atomic E-state index is -0.549. The first-order valence-corrected chi connectivity index (χ1v) is 10.0. The number of anilines is 1. The maximum atomic E-state index is 12.8. The molecule has 3 aromatic rings. The molecule has 152 valence electrons. The van der Waals surface area contributed by atoms with E-state index in [0.29, 0.717) is 29.9 Å². The first kappa shape index (κ1) is 19.6. The smallest absolute Gasteiger partial charge is 0.342 e. The number of carbonyl (C=O) groups is 2. The fourth-order valence-electron chi connectivity index (χ4n) is 3.85. The Morgan fingerprint density at radius 1 is 1.10 bits per heavy atom. The van der Waals surface area contributed by atoms with Crippen molar-refractivity contribution in [2.75, 3.05) is 24.6 Å². The Morgan fingerprint density at radius 2 is 1.90 bits per heavy atom. The van der Waals surface area contributed by atoms with Gasteiger partial charge in [0.15, 0.2) is 6.61 Å². The van der Waals surface area contributed by atoms with Crippen LogP contribution in [0.25, 0.3) is 10.9 Å². The zero-order valence-electron chi connectivity index (χ0n) is 16.6. The summed E-state index contributed by atoms with van der Waals surface area (Å²) in [7, 11) is 0. The molecule has 0 spiro atoms. The van der Waals surface area contributed by atoms with Gasteiger partial charge in [0.05, 0.1) is 12.5 Å². The molecule has 0 bridgehead atoms. The van der Waals surface area contributed by atoms with Crippen molar-refractivity contribution in [2.24, 2.45) is 0 Å². The van der Waals surface area contributed by atoms with Crippen LogP contribution < -0.4 is 4.90 Å². The Bertz CT molecular complexity index is 1120. The topological polar surface area (TPSA) is 88.2 Å². The number of pyridine rings is 1. The summed E-state index contributed by atoms with van der Waals surface area (Å²) in [5, 5.41) is 9.66. The highest BCUT2D eigenvalue weighted by Gasteiger charge is 2.23. The van der Waals surface area contributed by atoms with E-state index in [-0.39, 0.29) is 12.4 Å². The van der Waals surface area contributed by atoms with Gasteiger partial charge in [-0.2, -0.15) is 5.26 Å². The first-order chi connectivity index (χ1) is 14.7. The number of para-hydroxylation sites is 1. The van der Waals surface area contributed by atoms with Gasteiger partial charge in [-0.15, -0.1) is 0 Å². The maximum Gasteiger partial charge on any atom is 0.342 e. The fraction of sp³-hybridized carbons (Fsp3) is 0.304. The molecule has 1 aliphatic rings. The van der Waals surface area contributed by atoms with Crippen molar-refractivity contribution in [1.29, 1.82) is 5.26 Å². The van der Waals surface area contributed by atoms with Gasteiger partial charge < -0.3 is 14.2 Å². The number of ether oxygens (including phenoxy) is 1. The molecule has 0 radical (unpaired) electrons. The van der Waals surface area contributed by atoms with Crippen LogP contribution in [-0.4, -0.2) is 41.0 Å². The highest BCUT2D eigenvalue weighted by Crippen LogP contribution is 2.24. The predicted octanol–water partition coefficient (Wildman–Crippen LogP) is 3.59. The lowest BCUT2D eigenvalue weighted by atomic mass is 10.1. The fourth-order valence-corrected chi connectivity index (χ4v) is 3.85. The third-order valence-electron chi connectivity index (χ3n) is 5.30. The quantitative estimate of drug-likeness (QED) is 0.443. The van der Waals surface area contributed by atoms with Crippen LogP contribution >= 0.6 is 0 Å². The number of aryl methyl sites for hydroxylation is 1. The van der Waals surface area contributed by atoms with Gasteiger partial charge in [-0.1, -0.05) is 18.2 Å². The lowest BCUT2D eigenvalue weighted by molar-refractivity contribution is 0.0475. The summed E-state index contributed by atoms with van der Waals surface area (Å²) in [4.78, 5) is 31.9. The molecule has 0 saturated carbocycles. The molecule has 0 amide bonds. The van der Waals surface area contributed by atoms with Crippen LogP contribution in [0.5, 0.6) is 0 Å². The minimum absolute atomic E-state index is 0.276. The van der Waals surface area contributed by atoms with Crippen molar-refractivity contribution in [1.82, 2.24) is 9.55 Å². The summed E-state index contributed by atoms with van der Waals surface area (Å²) in [6.07, 6.45) is 5.88. The first-order valence-electron chi connectivity index (χ1n) is 10.0. The van der Waals surface area contributed by atoms with Gasteiger partial charge in [0.1, 0.15) is 11.4 Å². The van der Waals surface area contributed by atoms with Gasteiger partial charge in [-0.05, 0) is 31.0 Å². The number of nitrogens with zero attached hydrogens (tertiary/aromatic N) is 4. The van der Waals surface area contributed by atoms with Crippen molar-refractivity contribution >= 4 is 28.5 Å². The number of Topliss-reactive ketones (excluding diaryl/α,β-unsaturated/α-hetero) is 1. The minimum Gasteiger partial charge on any atom is -0.454 e. The Labute approximate surface area is 174 Å². The number of ketones is 1. The molecule has 1 saturated heterocycles. The molecule has 1 aliphatic heterocycles. The molecule has 7 nitrogen and oxygen atoms in total. The van der Waals surface area contributed by atoms with Crippen LogP contribution in [0.2, 0.25) is 0 Å². The SMILES string of the molecule is N#CCCn1cc(C(=O)COC(=O)c2cccnc2N2CCCC2)c2ccccc21. The molecule has 2 aromatic heterocycles. The molecule has 0 atom stereocenters. The Hall–Kier alpha value is -3.66. The summed E-state index contributed by atoms with van der Waals surface area (Å²) in [6, 6.07) is 13.0. The molecule has 7 heteroatoms. The normalized spacial score (nSPS) is 13.4. The van der Waals surface area contributed by atoms with Crippen LogP contribution in [0.4, 0.5) is 5.82 Å². The van der Waals surface area contributed by atoms with Crippen molar-refractivity contribution in [2.45, 2.75) is 25.8 Å². The average Bonchev–Trinajstić information content (AvgIpc) is 3.44. The molecule has 0 N–H and O–H groups in total. The molecule has 3 heterocycles. The highest BCUT2D eigenvalue weighted by molar-refractivity contribution is 6.09. The van der Waals surface area contributed by atoms with E-state index >= 15 is 0 Å². The number of rotatable bonds is 7. The van der Waals surface area contributed by atoms with Crippen molar-refractivity contribution in [3.63, 3.8) is 0 Å². The number of nitriles is 1. The molecule has 30 heavy (non-hydrogen) atoms. The highest BCUT2D eigenvalue weighted by atomic mass is 16.5. The van der Waals surface area contributed by atoms with Crippen molar-refractivity contribution < 1.29 is 14.3 Å². The average molecular weight is 402 g/mol. The van der Waals surface area contributed by atoms with E-state index in [4.69, 9.17) is 10.00 Å². The lowest BCUT2D eigenvalue weighted by Gasteiger charge is -2.18. The maximum absolute atomic E-state index is 12.8. The van der Waals surface area contributed by atoms with E-state index in [9.17, 15) is 9.59 Å². The number of benzene rings is 1. The van der Waals surface area contributed by atoms with Gasteiger partial charge in [0.25, 0.3) is 0 Å². The molecular weight excluding hydrogens is 380 g/mol. The number of fused-ring (bicyclic) bond motifs is 1. The van der Waals surface area contributed by atoms with E-state index in [1.165, 1.54) is 0 Å². The number of hydrogen-bond acceptors (Lipinski definition) is 6. The van der Waals surface area contributed by atoms with Gasteiger partial charge in [0.2, 0.25) is 5.78 Å². The zero-order chi connectivity index (χ0) is 20.9. The summed E-state index contributed by atoms with van der Waals surface area (Å²) >= 11 is 0.